The smallest absolute Gasteiger partial charge is 0.239 e. The summed E-state index contributed by atoms with van der Waals surface area (Å²) in [5.41, 5.74) is 2.84. The van der Waals surface area contributed by atoms with Crippen LogP contribution in [0.4, 0.5) is 0 Å². The Morgan fingerprint density at radius 2 is 2.00 bits per heavy atom. The van der Waals surface area contributed by atoms with Crippen molar-refractivity contribution in [3.05, 3.63) is 45.7 Å². The number of carbonyl (C=O) groups is 1. The lowest BCUT2D eigenvalue weighted by molar-refractivity contribution is -0.121. The van der Waals surface area contributed by atoms with E-state index in [0.717, 1.165) is 49.5 Å². The summed E-state index contributed by atoms with van der Waals surface area (Å²) >= 11 is 0. The molecular weight excluding hydrogens is 318 g/mol. The molecule has 2 heterocycles. The third kappa shape index (κ3) is 4.27. The van der Waals surface area contributed by atoms with Crippen LogP contribution >= 0.6 is 0 Å². The van der Waals surface area contributed by atoms with E-state index in [1.54, 1.807) is 6.20 Å². The molecule has 0 atom stereocenters. The molecule has 0 spiro atoms. The Kier molecular flexibility index (Phi) is 5.50. The molecule has 1 aliphatic heterocycles. The van der Waals surface area contributed by atoms with Crippen LogP contribution in [0.3, 0.4) is 0 Å². The maximum Gasteiger partial charge on any atom is 0.239 e. The number of amides is 1. The Morgan fingerprint density at radius 1 is 1.24 bits per heavy atom. The van der Waals surface area contributed by atoms with E-state index in [1.807, 2.05) is 30.5 Å². The van der Waals surface area contributed by atoms with Crippen molar-refractivity contribution in [3.8, 4) is 0 Å². The number of benzene rings is 1. The topological polar surface area (TPSA) is 63.6 Å². The molecule has 1 saturated heterocycles. The van der Waals surface area contributed by atoms with Gasteiger partial charge >= 0.3 is 0 Å². The van der Waals surface area contributed by atoms with E-state index in [0.29, 0.717) is 11.9 Å². The summed E-state index contributed by atoms with van der Waals surface area (Å²) in [4.78, 5) is 26.7. The lowest BCUT2D eigenvalue weighted by atomic mass is 10.1. The number of hydrogen-bond acceptors (Lipinski definition) is 4. The maximum absolute atomic E-state index is 12.3. The fourth-order valence-corrected chi connectivity index (χ4v) is 3.34. The van der Waals surface area contributed by atoms with Crippen molar-refractivity contribution in [1.29, 1.82) is 0 Å². The van der Waals surface area contributed by atoms with Gasteiger partial charge in [0.1, 0.15) is 6.54 Å². The predicted molar refractivity (Wildman–Crippen MR) is 98.0 cm³/mol. The van der Waals surface area contributed by atoms with Gasteiger partial charge in [0.15, 0.2) is 5.43 Å². The zero-order valence-corrected chi connectivity index (χ0v) is 14.9. The van der Waals surface area contributed by atoms with Gasteiger partial charge in [-0.2, -0.15) is 0 Å². The van der Waals surface area contributed by atoms with E-state index in [4.69, 9.17) is 4.74 Å². The summed E-state index contributed by atoms with van der Waals surface area (Å²) in [6.45, 7) is 8.94. The van der Waals surface area contributed by atoms with Gasteiger partial charge in [0.05, 0.1) is 18.7 Å². The predicted octanol–water partition coefficient (Wildman–Crippen LogP) is 1.07. The normalized spacial score (nSPS) is 15.4. The molecule has 3 rings (SSSR count). The quantitative estimate of drug-likeness (QED) is 0.882. The van der Waals surface area contributed by atoms with Crippen molar-refractivity contribution in [3.63, 3.8) is 0 Å². The van der Waals surface area contributed by atoms with Crippen LogP contribution in [0.1, 0.15) is 11.1 Å². The number of carbonyl (C=O) groups excluding carboxylic acids is 1. The number of ether oxygens (including phenoxy) is 1. The van der Waals surface area contributed by atoms with Crippen LogP contribution in [-0.2, 0) is 16.1 Å². The molecule has 1 N–H and O–H groups in total. The van der Waals surface area contributed by atoms with Gasteiger partial charge in [0.2, 0.25) is 5.91 Å². The van der Waals surface area contributed by atoms with E-state index in [-0.39, 0.29) is 17.9 Å². The van der Waals surface area contributed by atoms with Crippen molar-refractivity contribution in [2.45, 2.75) is 20.4 Å². The maximum atomic E-state index is 12.3. The second-order valence-corrected chi connectivity index (χ2v) is 6.59. The Balaban J connectivity index is 1.67. The first kappa shape index (κ1) is 17.6. The Hall–Kier alpha value is -2.18. The molecule has 2 aromatic rings. The Labute approximate surface area is 147 Å². The van der Waals surface area contributed by atoms with Crippen LogP contribution in [0.15, 0.2) is 29.2 Å². The first-order valence-corrected chi connectivity index (χ1v) is 8.72. The molecule has 25 heavy (non-hydrogen) atoms. The minimum Gasteiger partial charge on any atom is -0.379 e. The van der Waals surface area contributed by atoms with Gasteiger partial charge in [-0.3, -0.25) is 14.5 Å². The van der Waals surface area contributed by atoms with E-state index in [9.17, 15) is 9.59 Å². The third-order valence-electron chi connectivity index (χ3n) is 4.59. The molecule has 0 aliphatic carbocycles. The van der Waals surface area contributed by atoms with Crippen LogP contribution in [-0.4, -0.2) is 54.8 Å². The fourth-order valence-electron chi connectivity index (χ4n) is 3.34. The highest BCUT2D eigenvalue weighted by molar-refractivity contribution is 5.85. The highest BCUT2D eigenvalue weighted by Crippen LogP contribution is 2.17. The van der Waals surface area contributed by atoms with Gasteiger partial charge in [0.25, 0.3) is 0 Å². The van der Waals surface area contributed by atoms with Crippen LogP contribution in [0.5, 0.6) is 0 Å². The molecule has 134 valence electrons. The van der Waals surface area contributed by atoms with E-state index in [2.05, 4.69) is 10.2 Å². The van der Waals surface area contributed by atoms with Crippen LogP contribution in [0, 0.1) is 13.8 Å². The molecule has 1 aliphatic rings. The summed E-state index contributed by atoms with van der Waals surface area (Å²) in [6, 6.07) is 5.49. The average Bonchev–Trinajstić information content (AvgIpc) is 2.58. The summed E-state index contributed by atoms with van der Waals surface area (Å²) in [7, 11) is 0. The van der Waals surface area contributed by atoms with E-state index >= 15 is 0 Å². The molecule has 0 radical (unpaired) electrons. The number of nitrogens with zero attached hydrogens (tertiary/aromatic N) is 2. The fraction of sp³-hybridized carbons (Fsp3) is 0.474. The molecule has 1 amide bonds. The first-order valence-electron chi connectivity index (χ1n) is 8.72. The van der Waals surface area contributed by atoms with Crippen molar-refractivity contribution >= 4 is 16.8 Å². The number of morpholine rings is 1. The lowest BCUT2D eigenvalue weighted by Gasteiger charge is -2.26. The Bertz CT molecular complexity index is 823. The lowest BCUT2D eigenvalue weighted by Crippen LogP contribution is -2.41. The largest absolute Gasteiger partial charge is 0.379 e. The van der Waals surface area contributed by atoms with E-state index in [1.165, 1.54) is 6.07 Å². The molecular formula is C19H25N3O3. The van der Waals surface area contributed by atoms with Gasteiger partial charge in [-0.25, -0.2) is 0 Å². The molecule has 6 nitrogen and oxygen atoms in total. The first-order chi connectivity index (χ1) is 12.0. The van der Waals surface area contributed by atoms with Gasteiger partial charge in [-0.15, -0.1) is 0 Å². The van der Waals surface area contributed by atoms with E-state index < -0.39 is 0 Å². The highest BCUT2D eigenvalue weighted by atomic mass is 16.5. The third-order valence-corrected chi connectivity index (χ3v) is 4.59. The second-order valence-electron chi connectivity index (χ2n) is 6.59. The van der Waals surface area contributed by atoms with Crippen LogP contribution in [0.2, 0.25) is 0 Å². The SMILES string of the molecule is Cc1cc(C)c2c(=O)ccn(CC(=O)NCCN3CCOCC3)c2c1. The minimum atomic E-state index is -0.0441. The molecule has 1 fully saturated rings. The monoisotopic (exact) mass is 343 g/mol. The second kappa shape index (κ2) is 7.80. The number of aromatic nitrogens is 1. The zero-order valence-electron chi connectivity index (χ0n) is 14.9. The summed E-state index contributed by atoms with van der Waals surface area (Å²) in [5.74, 6) is -0.0441. The summed E-state index contributed by atoms with van der Waals surface area (Å²) < 4.78 is 7.17. The highest BCUT2D eigenvalue weighted by Gasteiger charge is 2.12. The van der Waals surface area contributed by atoms with Gasteiger partial charge in [-0.05, 0) is 31.0 Å². The number of pyridine rings is 1. The van der Waals surface area contributed by atoms with Gasteiger partial charge < -0.3 is 14.6 Å². The molecule has 0 unspecified atom stereocenters. The molecule has 1 aromatic heterocycles. The van der Waals surface area contributed by atoms with Gasteiger partial charge in [-0.1, -0.05) is 6.07 Å². The minimum absolute atomic E-state index is 0.00326. The zero-order chi connectivity index (χ0) is 17.8. The number of hydrogen-bond donors (Lipinski definition) is 1. The number of rotatable bonds is 5. The van der Waals surface area contributed by atoms with Crippen molar-refractivity contribution in [2.75, 3.05) is 39.4 Å². The van der Waals surface area contributed by atoms with Crippen molar-refractivity contribution < 1.29 is 9.53 Å². The van der Waals surface area contributed by atoms with Crippen LogP contribution < -0.4 is 10.7 Å². The average molecular weight is 343 g/mol. The number of aryl methyl sites for hydroxylation is 2. The van der Waals surface area contributed by atoms with Crippen LogP contribution in [0.25, 0.3) is 10.9 Å². The molecule has 1 aromatic carbocycles. The number of fused-ring (bicyclic) bond motifs is 1. The van der Waals surface area contributed by atoms with Gasteiger partial charge in [0, 0.05) is 43.8 Å². The van der Waals surface area contributed by atoms with Crippen molar-refractivity contribution in [2.24, 2.45) is 0 Å². The summed E-state index contributed by atoms with van der Waals surface area (Å²) in [5, 5.41) is 3.66. The number of nitrogens with one attached hydrogen (secondary N) is 1. The molecule has 0 saturated carbocycles. The molecule has 6 heteroatoms. The van der Waals surface area contributed by atoms with Crippen molar-refractivity contribution in [1.82, 2.24) is 14.8 Å². The summed E-state index contributed by atoms with van der Waals surface area (Å²) in [6.07, 6.45) is 1.70. The standard InChI is InChI=1S/C19H25N3O3/c1-14-11-15(2)19-16(12-14)22(5-3-17(19)23)13-18(24)20-4-6-21-7-9-25-10-8-21/h3,5,11-12H,4,6-10,13H2,1-2H3,(H,20,24). The Morgan fingerprint density at radius 3 is 2.76 bits per heavy atom. The molecule has 0 bridgehead atoms.